The van der Waals surface area contributed by atoms with Crippen molar-refractivity contribution in [3.05, 3.63) is 48.0 Å². The number of rotatable bonds is 4. The molecule has 2 aromatic rings. The number of aromatic nitrogens is 2. The lowest BCUT2D eigenvalue weighted by Gasteiger charge is -2.04. The van der Waals surface area contributed by atoms with Gasteiger partial charge in [0.05, 0.1) is 18.5 Å². The van der Waals surface area contributed by atoms with Crippen LogP contribution in [0.4, 0.5) is 0 Å². The fraction of sp³-hybridized carbons (Fsp3) is 0.312. The Morgan fingerprint density at radius 3 is 2.04 bits per heavy atom. The van der Waals surface area contributed by atoms with Gasteiger partial charge in [-0.3, -0.25) is 9.59 Å². The molecule has 0 spiro atoms. The largest absolute Gasteiger partial charge is 0.744 e. The highest BCUT2D eigenvalue weighted by atomic mass is 32.2. The zero-order valence-corrected chi connectivity index (χ0v) is 15.8. The zero-order valence-electron chi connectivity index (χ0n) is 15.0. The quantitative estimate of drug-likeness (QED) is 0.552. The van der Waals surface area contributed by atoms with Gasteiger partial charge in [-0.2, -0.15) is 0 Å². The van der Waals surface area contributed by atoms with Crippen LogP contribution in [-0.4, -0.2) is 43.4 Å². The minimum Gasteiger partial charge on any atom is -0.744 e. The second-order valence-electron chi connectivity index (χ2n) is 5.14. The first-order chi connectivity index (χ1) is 12.2. The summed E-state index contributed by atoms with van der Waals surface area (Å²) in [6, 6.07) is 7.19. The molecule has 0 unspecified atom stereocenters. The van der Waals surface area contributed by atoms with Crippen LogP contribution in [0.1, 0.15) is 27.9 Å². The number of carbonyl (C=O) groups is 2. The van der Waals surface area contributed by atoms with Gasteiger partial charge in [0.25, 0.3) is 11.8 Å². The molecule has 1 aromatic heterocycles. The van der Waals surface area contributed by atoms with Crippen LogP contribution in [0.3, 0.4) is 0 Å². The van der Waals surface area contributed by atoms with Gasteiger partial charge in [0.1, 0.15) is 10.1 Å². The summed E-state index contributed by atoms with van der Waals surface area (Å²) in [5.74, 6) is -0.533. The van der Waals surface area contributed by atoms with Crippen LogP contribution < -0.4 is 15.2 Å². The Balaban J connectivity index is 0.000000289. The predicted molar refractivity (Wildman–Crippen MR) is 92.5 cm³/mol. The van der Waals surface area contributed by atoms with Gasteiger partial charge < -0.3 is 15.2 Å². The summed E-state index contributed by atoms with van der Waals surface area (Å²) in [6.07, 6.45) is 1.73. The third-order valence-corrected chi connectivity index (χ3v) is 4.28. The summed E-state index contributed by atoms with van der Waals surface area (Å²) in [5.41, 5.74) is 0.746. The predicted octanol–water partition coefficient (Wildman–Crippen LogP) is -0.358. The molecule has 0 fully saturated rings. The third kappa shape index (κ3) is 5.14. The second kappa shape index (κ2) is 9.11. The van der Waals surface area contributed by atoms with Crippen molar-refractivity contribution in [2.45, 2.75) is 18.4 Å². The molecule has 142 valence electrons. The molecule has 9 nitrogen and oxygen atoms in total. The minimum atomic E-state index is -4.25. The van der Waals surface area contributed by atoms with Crippen LogP contribution in [-0.2, 0) is 23.7 Å². The van der Waals surface area contributed by atoms with Crippen molar-refractivity contribution in [1.82, 2.24) is 15.2 Å². The van der Waals surface area contributed by atoms with Gasteiger partial charge in [0, 0.05) is 14.1 Å². The summed E-state index contributed by atoms with van der Waals surface area (Å²) < 4.78 is 34.2. The van der Waals surface area contributed by atoms with E-state index in [1.54, 1.807) is 42.7 Å². The van der Waals surface area contributed by atoms with E-state index >= 15 is 0 Å². The Hall–Kier alpha value is -2.72. The lowest BCUT2D eigenvalue weighted by Crippen LogP contribution is -2.39. The van der Waals surface area contributed by atoms with Gasteiger partial charge >= 0.3 is 0 Å². The van der Waals surface area contributed by atoms with Crippen molar-refractivity contribution in [2.75, 3.05) is 14.1 Å². The molecular weight excluding hydrogens is 360 g/mol. The monoisotopic (exact) mass is 382 g/mol. The molecule has 0 aliphatic rings. The Morgan fingerprint density at radius 2 is 1.65 bits per heavy atom. The van der Waals surface area contributed by atoms with Crippen molar-refractivity contribution in [3.63, 3.8) is 0 Å². The highest BCUT2D eigenvalue weighted by molar-refractivity contribution is 7.85. The normalized spacial score (nSPS) is 10.5. The third-order valence-electron chi connectivity index (χ3n) is 3.43. The minimum absolute atomic E-state index is 0.185. The highest BCUT2D eigenvalue weighted by Gasteiger charge is 2.30. The first-order valence-electron chi connectivity index (χ1n) is 7.71. The Labute approximate surface area is 152 Å². The Kier molecular flexibility index (Phi) is 7.47. The van der Waals surface area contributed by atoms with Crippen LogP contribution in [0.15, 0.2) is 41.6 Å². The molecule has 0 radical (unpaired) electrons. The lowest BCUT2D eigenvalue weighted by molar-refractivity contribution is -0.673. The lowest BCUT2D eigenvalue weighted by atomic mass is 10.2. The number of nitrogens with one attached hydrogen (secondary N) is 2. The van der Waals surface area contributed by atoms with Gasteiger partial charge in [-0.15, -0.1) is 0 Å². The van der Waals surface area contributed by atoms with Gasteiger partial charge in [-0.05, 0) is 19.1 Å². The summed E-state index contributed by atoms with van der Waals surface area (Å²) in [7, 11) is 0.572. The van der Waals surface area contributed by atoms with Crippen LogP contribution >= 0.6 is 0 Å². The van der Waals surface area contributed by atoms with Gasteiger partial charge in [-0.1, -0.05) is 18.2 Å². The number of benzene rings is 1. The molecule has 0 bridgehead atoms. The first-order valence-corrected chi connectivity index (χ1v) is 9.12. The molecule has 1 aromatic carbocycles. The van der Waals surface area contributed by atoms with Crippen molar-refractivity contribution in [1.29, 1.82) is 0 Å². The van der Waals surface area contributed by atoms with Crippen molar-refractivity contribution in [3.8, 4) is 0 Å². The molecule has 1 heterocycles. The number of carbonyl (C=O) groups excluding carboxylic acids is 2. The Morgan fingerprint density at radius 1 is 1.12 bits per heavy atom. The maximum absolute atomic E-state index is 11.7. The maximum Gasteiger partial charge on any atom is 0.295 e. The maximum atomic E-state index is 11.7. The summed E-state index contributed by atoms with van der Waals surface area (Å²) in [5, 5.41) is 5.06. The summed E-state index contributed by atoms with van der Waals surface area (Å²) in [6.45, 7) is 2.55. The van der Waals surface area contributed by atoms with E-state index in [-0.39, 0.29) is 16.7 Å². The molecular formula is C16H22N4O5S. The van der Waals surface area contributed by atoms with E-state index in [2.05, 4.69) is 10.6 Å². The molecule has 2 rings (SSSR count). The summed E-state index contributed by atoms with van der Waals surface area (Å²) >= 11 is 0. The number of amides is 2. The fourth-order valence-electron chi connectivity index (χ4n) is 2.20. The average Bonchev–Trinajstić information content (AvgIpc) is 2.97. The molecule has 0 atom stereocenters. The number of aryl methyl sites for hydroxylation is 2. The molecule has 0 aliphatic carbocycles. The Bertz CT molecular complexity index is 876. The van der Waals surface area contributed by atoms with Crippen molar-refractivity contribution < 1.29 is 27.1 Å². The summed E-state index contributed by atoms with van der Waals surface area (Å²) in [4.78, 5) is 23.2. The molecule has 0 saturated carbocycles. The second-order valence-corrected chi connectivity index (χ2v) is 6.51. The van der Waals surface area contributed by atoms with Gasteiger partial charge in [-0.25, -0.2) is 17.6 Å². The van der Waals surface area contributed by atoms with Crippen LogP contribution in [0.5, 0.6) is 0 Å². The average molecular weight is 382 g/mol. The van der Waals surface area contributed by atoms with Gasteiger partial charge in [0.2, 0.25) is 17.7 Å². The SMILES string of the molecule is CCn1c[n+](C)c(C(=O)NC)c1C(=O)NC.O=S(=O)([O-])c1ccccc1. The molecule has 26 heavy (non-hydrogen) atoms. The topological polar surface area (TPSA) is 124 Å². The van der Waals surface area contributed by atoms with Crippen LogP contribution in [0.25, 0.3) is 0 Å². The van der Waals surface area contributed by atoms with E-state index in [0.29, 0.717) is 17.9 Å². The van der Waals surface area contributed by atoms with E-state index in [0.717, 1.165) is 0 Å². The van der Waals surface area contributed by atoms with E-state index in [9.17, 15) is 22.6 Å². The van der Waals surface area contributed by atoms with E-state index in [1.165, 1.54) is 24.3 Å². The molecule has 2 N–H and O–H groups in total. The van der Waals surface area contributed by atoms with E-state index in [4.69, 9.17) is 0 Å². The number of imidazole rings is 1. The standard InChI is InChI=1S/C10H16N4O2.C6H6O3S/c1-5-14-6-13(4)7(9(15)11-2)8(14)10(16)12-3;7-10(8,9)6-4-2-1-3-5-6/h6H,5H2,1-4H3,(H-,11,12,15,16);1-5H,(H,7,8,9). The van der Waals surface area contributed by atoms with E-state index in [1.807, 2.05) is 6.92 Å². The molecule has 10 heteroatoms. The van der Waals surface area contributed by atoms with Gasteiger partial charge in [0.15, 0.2) is 0 Å². The van der Waals surface area contributed by atoms with E-state index < -0.39 is 10.1 Å². The fourth-order valence-corrected chi connectivity index (χ4v) is 2.69. The van der Waals surface area contributed by atoms with Crippen LogP contribution in [0, 0.1) is 0 Å². The number of nitrogens with zero attached hydrogens (tertiary/aromatic N) is 2. The highest BCUT2D eigenvalue weighted by Crippen LogP contribution is 2.06. The van der Waals surface area contributed by atoms with Crippen molar-refractivity contribution in [2.24, 2.45) is 7.05 Å². The number of hydrogen-bond acceptors (Lipinski definition) is 5. The first kappa shape index (κ1) is 21.3. The molecule has 0 saturated heterocycles. The van der Waals surface area contributed by atoms with Crippen LogP contribution in [0.2, 0.25) is 0 Å². The smallest absolute Gasteiger partial charge is 0.295 e. The number of hydrogen-bond donors (Lipinski definition) is 2. The molecule has 0 aliphatic heterocycles. The molecule has 2 amide bonds. The zero-order chi connectivity index (χ0) is 19.9. The van der Waals surface area contributed by atoms with Crippen molar-refractivity contribution >= 4 is 21.9 Å².